The third kappa shape index (κ3) is 2.72. The van der Waals surface area contributed by atoms with Gasteiger partial charge in [0.2, 0.25) is 5.91 Å². The van der Waals surface area contributed by atoms with Gasteiger partial charge >= 0.3 is 0 Å². The number of nitrogens with zero attached hydrogens (tertiary/aromatic N) is 4. The molecule has 27 heavy (non-hydrogen) atoms. The van der Waals surface area contributed by atoms with E-state index in [1.165, 1.54) is 12.5 Å². The second-order valence-electron chi connectivity index (χ2n) is 8.00. The molecule has 2 aromatic heterocycles. The molecule has 1 aliphatic carbocycles. The molecule has 0 aromatic carbocycles. The minimum absolute atomic E-state index is 0.136. The van der Waals surface area contributed by atoms with Crippen LogP contribution in [0.3, 0.4) is 0 Å². The minimum atomic E-state index is -0.760. The van der Waals surface area contributed by atoms with E-state index in [-0.39, 0.29) is 11.3 Å². The fraction of sp³-hybridized carbons (Fsp3) is 0.450. The lowest BCUT2D eigenvalue weighted by Crippen LogP contribution is -2.48. The van der Waals surface area contributed by atoms with Crippen LogP contribution in [0, 0.1) is 6.92 Å². The summed E-state index contributed by atoms with van der Waals surface area (Å²) in [4.78, 5) is 24.9. The van der Waals surface area contributed by atoms with Gasteiger partial charge in [-0.05, 0) is 37.5 Å². The number of rotatable bonds is 3. The second-order valence-corrected chi connectivity index (χ2v) is 8.00. The van der Waals surface area contributed by atoms with Gasteiger partial charge < -0.3 is 15.1 Å². The van der Waals surface area contributed by atoms with Gasteiger partial charge in [-0.25, -0.2) is 14.4 Å². The Balaban J connectivity index is 1.54. The van der Waals surface area contributed by atoms with Crippen molar-refractivity contribution in [2.45, 2.75) is 38.3 Å². The van der Waals surface area contributed by atoms with Crippen molar-refractivity contribution in [3.8, 4) is 0 Å². The first kappa shape index (κ1) is 16.5. The zero-order valence-electron chi connectivity index (χ0n) is 15.5. The standard InChI is InChI=1S/C20H22FN5O/c1-12-5-18(25-9-14(21)10-25)24-19(6-12)26-11-20(3-4-20)15-8-22-17(7-16(15)26)23-13(2)27/h5-8,14H,3-4,9-11H2,1-2H3,(H,22,23,27). The molecule has 7 heteroatoms. The Morgan fingerprint density at radius 2 is 2.00 bits per heavy atom. The molecule has 0 radical (unpaired) electrons. The highest BCUT2D eigenvalue weighted by atomic mass is 19.1. The minimum Gasteiger partial charge on any atom is -0.351 e. The van der Waals surface area contributed by atoms with E-state index < -0.39 is 6.17 Å². The Morgan fingerprint density at radius 3 is 2.67 bits per heavy atom. The first-order valence-corrected chi connectivity index (χ1v) is 9.37. The van der Waals surface area contributed by atoms with Crippen molar-refractivity contribution in [3.05, 3.63) is 35.5 Å². The molecule has 1 N–H and O–H groups in total. The van der Waals surface area contributed by atoms with Crippen LogP contribution in [0.1, 0.15) is 30.9 Å². The monoisotopic (exact) mass is 367 g/mol. The average Bonchev–Trinajstić information content (AvgIpc) is 3.28. The number of hydrogen-bond donors (Lipinski definition) is 1. The number of aryl methyl sites for hydroxylation is 1. The molecule has 2 aromatic rings. The molecule has 140 valence electrons. The molecule has 0 bridgehead atoms. The van der Waals surface area contributed by atoms with Gasteiger partial charge in [-0.1, -0.05) is 0 Å². The lowest BCUT2D eigenvalue weighted by molar-refractivity contribution is -0.114. The number of halogens is 1. The molecule has 0 atom stereocenters. The Morgan fingerprint density at radius 1 is 1.26 bits per heavy atom. The van der Waals surface area contributed by atoms with Crippen LogP contribution in [0.5, 0.6) is 0 Å². The van der Waals surface area contributed by atoms with Crippen LogP contribution >= 0.6 is 0 Å². The van der Waals surface area contributed by atoms with Gasteiger partial charge in [0.15, 0.2) is 0 Å². The number of carbonyl (C=O) groups is 1. The Hall–Kier alpha value is -2.70. The largest absolute Gasteiger partial charge is 0.351 e. The zero-order chi connectivity index (χ0) is 18.8. The van der Waals surface area contributed by atoms with E-state index in [0.717, 1.165) is 42.3 Å². The van der Waals surface area contributed by atoms with E-state index in [1.807, 2.05) is 30.2 Å². The van der Waals surface area contributed by atoms with Crippen molar-refractivity contribution in [1.29, 1.82) is 0 Å². The second kappa shape index (κ2) is 5.65. The van der Waals surface area contributed by atoms with E-state index >= 15 is 0 Å². The lowest BCUT2D eigenvalue weighted by atomic mass is 10.0. The summed E-state index contributed by atoms with van der Waals surface area (Å²) in [5.74, 6) is 2.12. The van der Waals surface area contributed by atoms with Gasteiger partial charge in [-0.15, -0.1) is 0 Å². The van der Waals surface area contributed by atoms with Crippen LogP contribution in [0.4, 0.5) is 27.5 Å². The molecule has 6 nitrogen and oxygen atoms in total. The van der Waals surface area contributed by atoms with Crippen molar-refractivity contribution in [3.63, 3.8) is 0 Å². The summed E-state index contributed by atoms with van der Waals surface area (Å²) in [6.07, 6.45) is 3.43. The smallest absolute Gasteiger partial charge is 0.222 e. The Labute approximate surface area is 157 Å². The number of pyridine rings is 2. The maximum Gasteiger partial charge on any atom is 0.222 e. The SMILES string of the molecule is CC(=O)Nc1cc2c(cn1)C1(CC1)CN2c1cc(C)cc(N2CC(F)C2)n1. The normalized spacial score (nSPS) is 19.8. The highest BCUT2D eigenvalue weighted by Gasteiger charge is 2.52. The van der Waals surface area contributed by atoms with E-state index in [4.69, 9.17) is 4.98 Å². The number of alkyl halides is 1. The molecule has 1 saturated heterocycles. The lowest BCUT2D eigenvalue weighted by Gasteiger charge is -2.36. The molecule has 0 unspecified atom stereocenters. The highest BCUT2D eigenvalue weighted by molar-refractivity contribution is 5.89. The molecule has 4 heterocycles. The van der Waals surface area contributed by atoms with Crippen LogP contribution in [0.15, 0.2) is 24.4 Å². The maximum atomic E-state index is 13.3. The van der Waals surface area contributed by atoms with E-state index in [0.29, 0.717) is 18.9 Å². The fourth-order valence-corrected chi connectivity index (χ4v) is 4.12. The summed E-state index contributed by atoms with van der Waals surface area (Å²) in [5, 5.41) is 2.77. The fourth-order valence-electron chi connectivity index (χ4n) is 4.12. The third-order valence-electron chi connectivity index (χ3n) is 5.74. The zero-order valence-corrected chi connectivity index (χ0v) is 15.5. The molecular formula is C20H22FN5O. The van der Waals surface area contributed by atoms with Gasteiger partial charge in [0, 0.05) is 36.7 Å². The van der Waals surface area contributed by atoms with Crippen LogP contribution in [0.25, 0.3) is 0 Å². The molecule has 1 saturated carbocycles. The number of carbonyl (C=O) groups excluding carboxylic acids is 1. The van der Waals surface area contributed by atoms with Crippen molar-refractivity contribution < 1.29 is 9.18 Å². The molecule has 1 spiro atoms. The molecule has 5 rings (SSSR count). The number of amides is 1. The Bertz CT molecular complexity index is 936. The maximum absolute atomic E-state index is 13.3. The topological polar surface area (TPSA) is 61.4 Å². The molecular weight excluding hydrogens is 345 g/mol. The number of aromatic nitrogens is 2. The number of nitrogens with one attached hydrogen (secondary N) is 1. The summed E-state index contributed by atoms with van der Waals surface area (Å²) >= 11 is 0. The molecule has 2 aliphatic heterocycles. The predicted molar refractivity (Wildman–Crippen MR) is 103 cm³/mol. The highest BCUT2D eigenvalue weighted by Crippen LogP contribution is 2.58. The van der Waals surface area contributed by atoms with Crippen LogP contribution in [-0.4, -0.2) is 41.7 Å². The summed E-state index contributed by atoms with van der Waals surface area (Å²) in [6.45, 7) is 5.21. The average molecular weight is 367 g/mol. The first-order valence-electron chi connectivity index (χ1n) is 9.37. The van der Waals surface area contributed by atoms with Gasteiger partial charge in [0.25, 0.3) is 0 Å². The number of anilines is 4. The molecule has 2 fully saturated rings. The number of fused-ring (bicyclic) bond motifs is 2. The summed E-state index contributed by atoms with van der Waals surface area (Å²) in [6, 6.07) is 6.02. The van der Waals surface area contributed by atoms with Crippen molar-refractivity contribution >= 4 is 29.0 Å². The quantitative estimate of drug-likeness (QED) is 0.903. The first-order chi connectivity index (χ1) is 12.9. The van der Waals surface area contributed by atoms with E-state index in [1.54, 1.807) is 0 Å². The Kier molecular flexibility index (Phi) is 3.44. The summed E-state index contributed by atoms with van der Waals surface area (Å²) < 4.78 is 13.3. The predicted octanol–water partition coefficient (Wildman–Crippen LogP) is 3.08. The third-order valence-corrected chi connectivity index (χ3v) is 5.74. The van der Waals surface area contributed by atoms with Crippen LogP contribution in [-0.2, 0) is 10.2 Å². The van der Waals surface area contributed by atoms with Gasteiger partial charge in [0.05, 0.1) is 18.8 Å². The van der Waals surface area contributed by atoms with Gasteiger partial charge in [0.1, 0.15) is 23.6 Å². The van der Waals surface area contributed by atoms with Crippen molar-refractivity contribution in [2.75, 3.05) is 34.8 Å². The molecule has 1 amide bonds. The van der Waals surface area contributed by atoms with Gasteiger partial charge in [-0.2, -0.15) is 0 Å². The number of hydrogen-bond acceptors (Lipinski definition) is 5. The molecule has 3 aliphatic rings. The van der Waals surface area contributed by atoms with Crippen molar-refractivity contribution in [2.24, 2.45) is 0 Å². The van der Waals surface area contributed by atoms with E-state index in [9.17, 15) is 9.18 Å². The summed E-state index contributed by atoms with van der Waals surface area (Å²) in [5.41, 5.74) is 3.55. The van der Waals surface area contributed by atoms with Gasteiger partial charge in [-0.3, -0.25) is 4.79 Å². The van der Waals surface area contributed by atoms with E-state index in [2.05, 4.69) is 21.3 Å². The van der Waals surface area contributed by atoms with Crippen LogP contribution < -0.4 is 15.1 Å². The van der Waals surface area contributed by atoms with Crippen molar-refractivity contribution in [1.82, 2.24) is 9.97 Å². The van der Waals surface area contributed by atoms with Crippen LogP contribution in [0.2, 0.25) is 0 Å². The summed E-state index contributed by atoms with van der Waals surface area (Å²) in [7, 11) is 0.